The SMILES string of the molecule is CCOc1ccc(N2C(=O)C3CNNC3N=C2SCC(=O)Nc2cc(Cl)ccc2OC)cc1. The first kappa shape index (κ1) is 23.4. The number of nitrogens with one attached hydrogen (secondary N) is 3. The van der Waals surface area contributed by atoms with E-state index in [-0.39, 0.29) is 29.7 Å². The number of fused-ring (bicyclic) bond motifs is 1. The fourth-order valence-electron chi connectivity index (χ4n) is 3.56. The van der Waals surface area contributed by atoms with Crippen LogP contribution in [-0.2, 0) is 9.59 Å². The third kappa shape index (κ3) is 5.25. The Morgan fingerprint density at radius 3 is 2.82 bits per heavy atom. The second-order valence-corrected chi connectivity index (χ2v) is 8.65. The van der Waals surface area contributed by atoms with Gasteiger partial charge in [0.05, 0.1) is 36.8 Å². The highest BCUT2D eigenvalue weighted by Gasteiger charge is 2.42. The van der Waals surface area contributed by atoms with Crippen LogP contribution in [0.5, 0.6) is 11.5 Å². The lowest BCUT2D eigenvalue weighted by Crippen LogP contribution is -2.49. The lowest BCUT2D eigenvalue weighted by atomic mass is 10.0. The van der Waals surface area contributed by atoms with Crippen LogP contribution in [0, 0.1) is 5.92 Å². The predicted molar refractivity (Wildman–Crippen MR) is 130 cm³/mol. The molecule has 1 saturated heterocycles. The van der Waals surface area contributed by atoms with Crippen molar-refractivity contribution in [1.29, 1.82) is 0 Å². The fourth-order valence-corrected chi connectivity index (χ4v) is 4.58. The van der Waals surface area contributed by atoms with E-state index in [9.17, 15) is 9.59 Å². The number of anilines is 2. The van der Waals surface area contributed by atoms with Gasteiger partial charge in [-0.1, -0.05) is 23.4 Å². The summed E-state index contributed by atoms with van der Waals surface area (Å²) in [5.74, 6) is 0.570. The zero-order chi connectivity index (χ0) is 23.4. The summed E-state index contributed by atoms with van der Waals surface area (Å²) in [4.78, 5) is 32.2. The molecule has 9 nitrogen and oxygen atoms in total. The first-order valence-corrected chi connectivity index (χ1v) is 11.8. The fraction of sp³-hybridized carbons (Fsp3) is 0.318. The summed E-state index contributed by atoms with van der Waals surface area (Å²) in [5.41, 5.74) is 7.14. The Bertz CT molecular complexity index is 1070. The first-order valence-electron chi connectivity index (χ1n) is 10.4. The van der Waals surface area contributed by atoms with Crippen molar-refractivity contribution in [2.24, 2.45) is 10.9 Å². The first-order chi connectivity index (χ1) is 16.0. The molecule has 0 aromatic heterocycles. The second-order valence-electron chi connectivity index (χ2n) is 7.27. The molecule has 0 bridgehead atoms. The van der Waals surface area contributed by atoms with E-state index in [4.69, 9.17) is 26.1 Å². The van der Waals surface area contributed by atoms with E-state index in [0.717, 1.165) is 0 Å². The Morgan fingerprint density at radius 1 is 1.30 bits per heavy atom. The molecule has 1 fully saturated rings. The molecule has 3 N–H and O–H groups in total. The minimum absolute atomic E-state index is 0.0418. The molecule has 2 aliphatic heterocycles. The molecule has 0 aliphatic carbocycles. The minimum atomic E-state index is -0.380. The zero-order valence-electron chi connectivity index (χ0n) is 18.1. The number of ether oxygens (including phenoxy) is 2. The van der Waals surface area contributed by atoms with Crippen LogP contribution in [0.3, 0.4) is 0 Å². The van der Waals surface area contributed by atoms with Gasteiger partial charge >= 0.3 is 0 Å². The Labute approximate surface area is 200 Å². The molecule has 0 spiro atoms. The largest absolute Gasteiger partial charge is 0.495 e. The molecule has 2 aliphatic rings. The van der Waals surface area contributed by atoms with Gasteiger partial charge in [0.2, 0.25) is 11.8 Å². The number of methoxy groups -OCH3 is 1. The molecule has 2 aromatic rings. The molecular formula is C22H24ClN5O4S. The zero-order valence-corrected chi connectivity index (χ0v) is 19.7. The number of hydrogen-bond donors (Lipinski definition) is 3. The normalized spacial score (nSPS) is 19.7. The van der Waals surface area contributed by atoms with Gasteiger partial charge in [-0.2, -0.15) is 0 Å². The van der Waals surface area contributed by atoms with Gasteiger partial charge in [0.15, 0.2) is 5.17 Å². The van der Waals surface area contributed by atoms with E-state index >= 15 is 0 Å². The number of benzene rings is 2. The lowest BCUT2D eigenvalue weighted by molar-refractivity contribution is -0.121. The highest BCUT2D eigenvalue weighted by molar-refractivity contribution is 8.14. The van der Waals surface area contributed by atoms with E-state index in [1.165, 1.54) is 18.9 Å². The summed E-state index contributed by atoms with van der Waals surface area (Å²) in [7, 11) is 1.52. The number of carbonyl (C=O) groups is 2. The van der Waals surface area contributed by atoms with E-state index in [1.54, 1.807) is 23.1 Å². The molecule has 2 amide bonds. The molecule has 11 heteroatoms. The number of thioether (sulfide) groups is 1. The van der Waals surface area contributed by atoms with Crippen LogP contribution in [0.15, 0.2) is 47.5 Å². The lowest BCUT2D eigenvalue weighted by Gasteiger charge is -2.32. The van der Waals surface area contributed by atoms with Crippen LogP contribution in [0.4, 0.5) is 11.4 Å². The maximum absolute atomic E-state index is 13.3. The Hall–Kier alpha value is -2.79. The van der Waals surface area contributed by atoms with Crippen molar-refractivity contribution in [3.63, 3.8) is 0 Å². The van der Waals surface area contributed by atoms with Crippen LogP contribution in [-0.4, -0.2) is 49.2 Å². The summed E-state index contributed by atoms with van der Waals surface area (Å²) in [5, 5.41) is 3.72. The van der Waals surface area contributed by atoms with Crippen LogP contribution < -0.4 is 30.5 Å². The number of rotatable bonds is 7. The van der Waals surface area contributed by atoms with Gasteiger partial charge in [-0.15, -0.1) is 0 Å². The van der Waals surface area contributed by atoms with E-state index < -0.39 is 0 Å². The highest BCUT2D eigenvalue weighted by Crippen LogP contribution is 2.31. The topological polar surface area (TPSA) is 104 Å². The third-order valence-electron chi connectivity index (χ3n) is 5.11. The van der Waals surface area contributed by atoms with Gasteiger partial charge < -0.3 is 14.8 Å². The minimum Gasteiger partial charge on any atom is -0.495 e. The molecule has 33 heavy (non-hydrogen) atoms. The van der Waals surface area contributed by atoms with Crippen molar-refractivity contribution < 1.29 is 19.1 Å². The van der Waals surface area contributed by atoms with Crippen LogP contribution in [0.2, 0.25) is 5.02 Å². The highest BCUT2D eigenvalue weighted by atomic mass is 35.5. The van der Waals surface area contributed by atoms with Gasteiger partial charge in [-0.05, 0) is 49.4 Å². The van der Waals surface area contributed by atoms with Crippen LogP contribution in [0.25, 0.3) is 0 Å². The van der Waals surface area contributed by atoms with Gasteiger partial charge in [0, 0.05) is 11.6 Å². The average Bonchev–Trinajstić information content (AvgIpc) is 3.28. The standard InChI is InChI=1S/C22H24ClN5O4S/c1-3-32-15-7-5-14(6-8-15)28-21(30)16-11-24-27-20(16)26-22(28)33-12-19(29)25-17-10-13(23)4-9-18(17)31-2/h4-10,16,20,24,27H,3,11-12H2,1-2H3,(H,25,29). The molecule has 2 aromatic carbocycles. The summed E-state index contributed by atoms with van der Waals surface area (Å²) < 4.78 is 10.8. The molecule has 2 unspecified atom stereocenters. The molecule has 2 heterocycles. The van der Waals surface area contributed by atoms with Gasteiger partial charge in [-0.3, -0.25) is 19.9 Å². The van der Waals surface area contributed by atoms with Gasteiger partial charge in [0.25, 0.3) is 0 Å². The van der Waals surface area contributed by atoms with Crippen molar-refractivity contribution in [2.75, 3.05) is 36.2 Å². The number of halogens is 1. The quantitative estimate of drug-likeness (QED) is 0.549. The Balaban J connectivity index is 1.52. The van der Waals surface area contributed by atoms with E-state index in [1.807, 2.05) is 31.2 Å². The van der Waals surface area contributed by atoms with Crippen LogP contribution in [0.1, 0.15) is 6.92 Å². The van der Waals surface area contributed by atoms with Crippen molar-refractivity contribution in [1.82, 2.24) is 10.9 Å². The van der Waals surface area contributed by atoms with E-state index in [2.05, 4.69) is 16.2 Å². The molecule has 0 saturated carbocycles. The maximum atomic E-state index is 13.3. The number of hydrazine groups is 1. The maximum Gasteiger partial charge on any atom is 0.241 e. The second kappa shape index (κ2) is 10.4. The molecule has 174 valence electrons. The number of aliphatic imine (C=N–C) groups is 1. The summed E-state index contributed by atoms with van der Waals surface area (Å²) in [6.07, 6.45) is -0.380. The van der Waals surface area contributed by atoms with Crippen molar-refractivity contribution in [3.05, 3.63) is 47.5 Å². The summed E-state index contributed by atoms with van der Waals surface area (Å²) in [6, 6.07) is 12.2. The van der Waals surface area contributed by atoms with Crippen LogP contribution >= 0.6 is 23.4 Å². The van der Waals surface area contributed by atoms with Crippen molar-refractivity contribution in [3.8, 4) is 11.5 Å². The molecule has 0 radical (unpaired) electrons. The van der Waals surface area contributed by atoms with Gasteiger partial charge in [-0.25, -0.2) is 10.4 Å². The molecule has 2 atom stereocenters. The summed E-state index contributed by atoms with van der Waals surface area (Å²) >= 11 is 7.23. The number of amidine groups is 1. The number of amides is 2. The Kier molecular flexibility index (Phi) is 7.39. The monoisotopic (exact) mass is 489 g/mol. The van der Waals surface area contributed by atoms with E-state index in [0.29, 0.717) is 46.2 Å². The molecule has 4 rings (SSSR count). The smallest absolute Gasteiger partial charge is 0.241 e. The van der Waals surface area contributed by atoms with Crippen molar-refractivity contribution >= 4 is 51.7 Å². The number of hydrogen-bond acceptors (Lipinski definition) is 8. The summed E-state index contributed by atoms with van der Waals surface area (Å²) in [6.45, 7) is 2.94. The predicted octanol–water partition coefficient (Wildman–Crippen LogP) is 2.87. The van der Waals surface area contributed by atoms with Crippen molar-refractivity contribution in [2.45, 2.75) is 13.1 Å². The Morgan fingerprint density at radius 2 is 2.09 bits per heavy atom. The number of nitrogens with zero attached hydrogens (tertiary/aromatic N) is 2. The third-order valence-corrected chi connectivity index (χ3v) is 6.29. The molecular weight excluding hydrogens is 466 g/mol. The number of carbonyl (C=O) groups excluding carboxylic acids is 2. The van der Waals surface area contributed by atoms with Gasteiger partial charge in [0.1, 0.15) is 17.7 Å². The average molecular weight is 490 g/mol.